The molecule has 1 aliphatic heterocycles. The van der Waals surface area contributed by atoms with E-state index in [0.29, 0.717) is 22.1 Å². The summed E-state index contributed by atoms with van der Waals surface area (Å²) in [6.45, 7) is 0.251. The number of rotatable bonds is 5. The molecule has 2 atom stereocenters. The van der Waals surface area contributed by atoms with Crippen LogP contribution in [0.15, 0.2) is 60.9 Å². The molecule has 0 bridgehead atoms. The maximum Gasteiger partial charge on any atom is 0.227 e. The Labute approximate surface area is 178 Å². The molecule has 2 heterocycles. The van der Waals surface area contributed by atoms with Crippen molar-refractivity contribution in [2.75, 3.05) is 11.4 Å². The van der Waals surface area contributed by atoms with E-state index in [1.54, 1.807) is 65.3 Å². The molecule has 1 aromatic heterocycles. The standard InChI is InChI=1S/C22H20ClFN4O2/c1-27-9-8-25-21(27)20(14-4-2-6-17(24)10-14)26-22(30)15-11-19(29)28(13-15)18-7-3-5-16(23)12-18/h2-10,12,15,20H,11,13H2,1H3,(H,26,30)/t15-,20+/m0/s1. The Bertz CT molecular complexity index is 1100. The van der Waals surface area contributed by atoms with Crippen molar-refractivity contribution in [2.45, 2.75) is 12.5 Å². The molecule has 1 saturated heterocycles. The number of hydrogen-bond acceptors (Lipinski definition) is 3. The van der Waals surface area contributed by atoms with E-state index in [9.17, 15) is 14.0 Å². The third-order valence-electron chi connectivity index (χ3n) is 5.20. The van der Waals surface area contributed by atoms with E-state index in [4.69, 9.17) is 11.6 Å². The van der Waals surface area contributed by atoms with Crippen molar-refractivity contribution in [3.63, 3.8) is 0 Å². The van der Waals surface area contributed by atoms with Gasteiger partial charge in [0.25, 0.3) is 0 Å². The second-order valence-electron chi connectivity index (χ2n) is 7.28. The molecule has 1 N–H and O–H groups in total. The Morgan fingerprint density at radius 2 is 2.07 bits per heavy atom. The van der Waals surface area contributed by atoms with E-state index in [1.165, 1.54) is 12.1 Å². The highest BCUT2D eigenvalue weighted by atomic mass is 35.5. The molecule has 0 aliphatic carbocycles. The summed E-state index contributed by atoms with van der Waals surface area (Å²) in [7, 11) is 1.81. The number of halogens is 2. The number of nitrogens with zero attached hydrogens (tertiary/aromatic N) is 3. The van der Waals surface area contributed by atoms with Crippen molar-refractivity contribution in [3.8, 4) is 0 Å². The van der Waals surface area contributed by atoms with Gasteiger partial charge in [-0.2, -0.15) is 0 Å². The molecule has 8 heteroatoms. The summed E-state index contributed by atoms with van der Waals surface area (Å²) in [6, 6.07) is 12.4. The van der Waals surface area contributed by atoms with Gasteiger partial charge in [-0.1, -0.05) is 29.8 Å². The second kappa shape index (κ2) is 8.28. The van der Waals surface area contributed by atoms with Gasteiger partial charge in [0.2, 0.25) is 11.8 Å². The lowest BCUT2D eigenvalue weighted by atomic mass is 10.0. The van der Waals surface area contributed by atoms with Crippen LogP contribution in [0.2, 0.25) is 5.02 Å². The van der Waals surface area contributed by atoms with Gasteiger partial charge in [-0.25, -0.2) is 9.37 Å². The van der Waals surface area contributed by atoms with Crippen LogP contribution in [-0.4, -0.2) is 27.9 Å². The third-order valence-corrected chi connectivity index (χ3v) is 5.44. The molecule has 6 nitrogen and oxygen atoms in total. The molecule has 4 rings (SSSR count). The van der Waals surface area contributed by atoms with Crippen molar-refractivity contribution in [2.24, 2.45) is 13.0 Å². The lowest BCUT2D eigenvalue weighted by Crippen LogP contribution is -2.37. The maximum atomic E-state index is 13.8. The van der Waals surface area contributed by atoms with Crippen LogP contribution in [0.4, 0.5) is 10.1 Å². The van der Waals surface area contributed by atoms with Gasteiger partial charge in [0.15, 0.2) is 0 Å². The Morgan fingerprint density at radius 3 is 2.77 bits per heavy atom. The number of nitrogens with one attached hydrogen (secondary N) is 1. The zero-order chi connectivity index (χ0) is 21.3. The lowest BCUT2D eigenvalue weighted by Gasteiger charge is -2.21. The number of hydrogen-bond donors (Lipinski definition) is 1. The Hall–Kier alpha value is -3.19. The van der Waals surface area contributed by atoms with E-state index >= 15 is 0 Å². The first-order valence-electron chi connectivity index (χ1n) is 9.51. The number of amides is 2. The van der Waals surface area contributed by atoms with E-state index in [0.717, 1.165) is 0 Å². The molecule has 2 aromatic carbocycles. The molecule has 1 aliphatic rings. The Kier molecular flexibility index (Phi) is 5.55. The fourth-order valence-corrected chi connectivity index (χ4v) is 3.86. The van der Waals surface area contributed by atoms with Crippen LogP contribution in [0.3, 0.4) is 0 Å². The summed E-state index contributed by atoms with van der Waals surface area (Å²) in [5.41, 5.74) is 1.24. The van der Waals surface area contributed by atoms with Gasteiger partial charge in [0, 0.05) is 43.1 Å². The van der Waals surface area contributed by atoms with Crippen molar-refractivity contribution < 1.29 is 14.0 Å². The molecule has 154 valence electrons. The van der Waals surface area contributed by atoms with E-state index in [2.05, 4.69) is 10.3 Å². The van der Waals surface area contributed by atoms with Gasteiger partial charge in [0.05, 0.1) is 5.92 Å². The minimum atomic E-state index is -0.636. The molecule has 30 heavy (non-hydrogen) atoms. The quantitative estimate of drug-likeness (QED) is 0.679. The third kappa shape index (κ3) is 4.07. The first-order valence-corrected chi connectivity index (χ1v) is 9.89. The highest BCUT2D eigenvalue weighted by Crippen LogP contribution is 2.28. The molecule has 0 radical (unpaired) electrons. The Morgan fingerprint density at radius 1 is 1.27 bits per heavy atom. The summed E-state index contributed by atoms with van der Waals surface area (Å²) in [5, 5.41) is 3.48. The summed E-state index contributed by atoms with van der Waals surface area (Å²) in [4.78, 5) is 31.5. The molecule has 2 amide bonds. The fourth-order valence-electron chi connectivity index (χ4n) is 3.68. The van der Waals surface area contributed by atoms with E-state index < -0.39 is 17.8 Å². The van der Waals surface area contributed by atoms with Crippen LogP contribution in [0.25, 0.3) is 0 Å². The van der Waals surface area contributed by atoms with E-state index in [1.807, 2.05) is 0 Å². The van der Waals surface area contributed by atoms with Crippen molar-refractivity contribution in [3.05, 3.63) is 83.2 Å². The molecule has 0 spiro atoms. The highest BCUT2D eigenvalue weighted by Gasteiger charge is 2.36. The van der Waals surface area contributed by atoms with Crippen molar-refractivity contribution >= 4 is 29.1 Å². The lowest BCUT2D eigenvalue weighted by molar-refractivity contribution is -0.126. The smallest absolute Gasteiger partial charge is 0.227 e. The number of aromatic nitrogens is 2. The molecule has 0 unspecified atom stereocenters. The van der Waals surface area contributed by atoms with Crippen LogP contribution < -0.4 is 10.2 Å². The van der Waals surface area contributed by atoms with Gasteiger partial charge in [-0.15, -0.1) is 0 Å². The first kappa shape index (κ1) is 20.1. The van der Waals surface area contributed by atoms with E-state index in [-0.39, 0.29) is 24.8 Å². The summed E-state index contributed by atoms with van der Waals surface area (Å²) in [5.74, 6) is -0.788. The average Bonchev–Trinajstić information content (AvgIpc) is 3.31. The van der Waals surface area contributed by atoms with Crippen LogP contribution in [-0.2, 0) is 16.6 Å². The van der Waals surface area contributed by atoms with Crippen LogP contribution in [0, 0.1) is 11.7 Å². The monoisotopic (exact) mass is 426 g/mol. The number of anilines is 1. The number of benzene rings is 2. The van der Waals surface area contributed by atoms with Crippen molar-refractivity contribution in [1.29, 1.82) is 0 Å². The average molecular weight is 427 g/mol. The molecule has 3 aromatic rings. The minimum absolute atomic E-state index is 0.0920. The zero-order valence-electron chi connectivity index (χ0n) is 16.3. The van der Waals surface area contributed by atoms with Gasteiger partial charge >= 0.3 is 0 Å². The molecule has 0 saturated carbocycles. The normalized spacial score (nSPS) is 17.2. The summed E-state index contributed by atoms with van der Waals surface area (Å²) >= 11 is 6.03. The molecular weight excluding hydrogens is 407 g/mol. The minimum Gasteiger partial charge on any atom is -0.342 e. The van der Waals surface area contributed by atoms with Gasteiger partial charge in [-0.3, -0.25) is 9.59 Å². The maximum absolute atomic E-state index is 13.8. The first-order chi connectivity index (χ1) is 14.4. The Balaban J connectivity index is 1.56. The zero-order valence-corrected chi connectivity index (χ0v) is 17.0. The topological polar surface area (TPSA) is 67.2 Å². The summed E-state index contributed by atoms with van der Waals surface area (Å²) in [6.07, 6.45) is 3.47. The largest absolute Gasteiger partial charge is 0.342 e. The van der Waals surface area contributed by atoms with Gasteiger partial charge in [-0.05, 0) is 35.9 Å². The fraction of sp³-hybridized carbons (Fsp3) is 0.227. The van der Waals surface area contributed by atoms with Crippen LogP contribution >= 0.6 is 11.6 Å². The summed E-state index contributed by atoms with van der Waals surface area (Å²) < 4.78 is 15.6. The van der Waals surface area contributed by atoms with Gasteiger partial charge < -0.3 is 14.8 Å². The highest BCUT2D eigenvalue weighted by molar-refractivity contribution is 6.31. The molecular formula is C22H20ClFN4O2. The van der Waals surface area contributed by atoms with Gasteiger partial charge in [0.1, 0.15) is 17.7 Å². The van der Waals surface area contributed by atoms with Crippen LogP contribution in [0.5, 0.6) is 0 Å². The number of aryl methyl sites for hydroxylation is 1. The number of carbonyl (C=O) groups excluding carboxylic acids is 2. The second-order valence-corrected chi connectivity index (χ2v) is 7.71. The van der Waals surface area contributed by atoms with Crippen LogP contribution in [0.1, 0.15) is 23.9 Å². The predicted molar refractivity (Wildman–Crippen MR) is 112 cm³/mol. The molecule has 1 fully saturated rings. The SMILES string of the molecule is Cn1ccnc1[C@H](NC(=O)[C@H]1CC(=O)N(c2cccc(Cl)c2)C1)c1cccc(F)c1. The number of imidazole rings is 1. The predicted octanol–water partition coefficient (Wildman–Crippen LogP) is 3.47. The van der Waals surface area contributed by atoms with Crippen molar-refractivity contribution in [1.82, 2.24) is 14.9 Å². The number of carbonyl (C=O) groups is 2.